The number of hydrogen-bond donors (Lipinski definition) is 5. The monoisotopic (exact) mass is 892 g/mol. The quantitative estimate of drug-likeness (QED) is 0.0477. The number of aromatic carboxylic acids is 1. The molecule has 0 saturated carbocycles. The molecule has 0 spiro atoms. The van der Waals surface area contributed by atoms with Gasteiger partial charge in [0.05, 0.1) is 5.56 Å². The lowest BCUT2D eigenvalue weighted by Crippen LogP contribution is -2.57. The van der Waals surface area contributed by atoms with Crippen molar-refractivity contribution in [3.63, 3.8) is 0 Å². The van der Waals surface area contributed by atoms with E-state index in [1.54, 1.807) is 23.5 Å². The van der Waals surface area contributed by atoms with Crippen LogP contribution in [0.4, 0.5) is 0 Å². The largest absolute Gasteiger partial charge is 0.478 e. The fourth-order valence-electron chi connectivity index (χ4n) is 7.19. The van der Waals surface area contributed by atoms with E-state index in [0.717, 1.165) is 49.0 Å². The molecule has 0 aliphatic rings. The predicted octanol–water partition coefficient (Wildman–Crippen LogP) is 8.86. The van der Waals surface area contributed by atoms with Crippen molar-refractivity contribution in [1.29, 1.82) is 0 Å². The molecule has 2 unspecified atom stereocenters. The summed E-state index contributed by atoms with van der Waals surface area (Å²) in [5.74, 6) is -1.70. The lowest BCUT2D eigenvalue weighted by molar-refractivity contribution is -0.132. The minimum absolute atomic E-state index is 0.146. The van der Waals surface area contributed by atoms with Gasteiger partial charge in [0, 0.05) is 35.9 Å². The molecule has 12 heteroatoms. The van der Waals surface area contributed by atoms with Gasteiger partial charge >= 0.3 is 5.97 Å². The molecule has 3 amide bonds. The number of carbonyl (C=O) groups excluding carboxylic acids is 3. The number of nitrogens with two attached hydrogens (primary N) is 1. The molecular formula is C51H48N4O5S3. The highest BCUT2D eigenvalue weighted by Gasteiger charge is 2.33. The number of benzene rings is 6. The smallest absolute Gasteiger partial charge is 0.335 e. The molecule has 4 atom stereocenters. The second kappa shape index (κ2) is 22.3. The van der Waals surface area contributed by atoms with Crippen molar-refractivity contribution in [3.8, 4) is 11.1 Å². The van der Waals surface area contributed by atoms with Gasteiger partial charge in [-0.3, -0.25) is 14.4 Å². The van der Waals surface area contributed by atoms with Crippen molar-refractivity contribution in [2.75, 3.05) is 0 Å². The van der Waals surface area contributed by atoms with Gasteiger partial charge in [-0.2, -0.15) is 0 Å². The average Bonchev–Trinajstić information content (AvgIpc) is 3.72. The SMILES string of the molecule is N[C@@H](Cc1ccc(C(=O)O)cc1)[C@H](SSCc1ccccc1)C(=O)NC(Cc1ccc(-c2ccccc2)cc1)C(=O)NC(Cc1csc2ccccc12)C(=O)NCc1ccccc1. The summed E-state index contributed by atoms with van der Waals surface area (Å²) in [6.45, 7) is 0.279. The standard InChI is InChI=1S/C51H48N4O5S3/c52-43(28-34-22-26-40(27-23-34)51(59)60)47(63-62-32-37-14-6-2-7-15-37)50(58)55-44(29-35-20-24-39(25-21-35)38-16-8-3-9-17-38)49(57)54-45(48(56)53-31-36-12-4-1-5-13-36)30-41-33-61-46-19-11-10-18-42(41)46/h1-27,33,43-45,47H,28-32,52H2,(H,53,56)(H,54,57)(H,55,58)(H,59,60)/t43-,44?,45?,47-/m0/s1. The van der Waals surface area contributed by atoms with Gasteiger partial charge < -0.3 is 26.8 Å². The first kappa shape index (κ1) is 44.9. The fourth-order valence-corrected chi connectivity index (χ4v) is 10.8. The molecule has 0 radical (unpaired) electrons. The fraction of sp³-hybridized carbons (Fsp3) is 0.176. The molecule has 7 rings (SSSR count). The van der Waals surface area contributed by atoms with Crippen LogP contribution in [-0.2, 0) is 45.9 Å². The number of amides is 3. The van der Waals surface area contributed by atoms with E-state index < -0.39 is 41.2 Å². The van der Waals surface area contributed by atoms with Crippen LogP contribution in [0.2, 0.25) is 0 Å². The molecular weight excluding hydrogens is 845 g/mol. The van der Waals surface area contributed by atoms with E-state index in [2.05, 4.69) is 16.0 Å². The number of thiophene rings is 1. The van der Waals surface area contributed by atoms with Gasteiger partial charge in [0.25, 0.3) is 0 Å². The van der Waals surface area contributed by atoms with E-state index in [9.17, 15) is 24.3 Å². The normalized spacial score (nSPS) is 13.0. The van der Waals surface area contributed by atoms with E-state index in [4.69, 9.17) is 5.73 Å². The number of nitrogens with one attached hydrogen (secondary N) is 3. The van der Waals surface area contributed by atoms with Crippen molar-refractivity contribution in [1.82, 2.24) is 16.0 Å². The first-order valence-electron chi connectivity index (χ1n) is 20.6. The molecule has 6 N–H and O–H groups in total. The van der Waals surface area contributed by atoms with Crippen LogP contribution in [0, 0.1) is 0 Å². The summed E-state index contributed by atoms with van der Waals surface area (Å²) in [5.41, 5.74) is 13.6. The maximum absolute atomic E-state index is 14.7. The molecule has 0 bridgehead atoms. The number of carboxylic acid groups (broad SMARTS) is 1. The summed E-state index contributed by atoms with van der Waals surface area (Å²) >= 11 is 1.58. The molecule has 320 valence electrons. The Morgan fingerprint density at radius 1 is 0.571 bits per heavy atom. The second-order valence-corrected chi connectivity index (χ2v) is 18.6. The van der Waals surface area contributed by atoms with Crippen LogP contribution in [0.15, 0.2) is 169 Å². The molecule has 0 aliphatic heterocycles. The van der Waals surface area contributed by atoms with Crippen LogP contribution >= 0.6 is 32.9 Å². The van der Waals surface area contributed by atoms with Crippen LogP contribution < -0.4 is 21.7 Å². The maximum Gasteiger partial charge on any atom is 0.335 e. The van der Waals surface area contributed by atoms with E-state index >= 15 is 0 Å². The van der Waals surface area contributed by atoms with Crippen LogP contribution in [0.3, 0.4) is 0 Å². The summed E-state index contributed by atoms with van der Waals surface area (Å²) in [6, 6.07) is 49.0. The Hall–Kier alpha value is -6.18. The zero-order valence-corrected chi connectivity index (χ0v) is 36.8. The second-order valence-electron chi connectivity index (χ2n) is 15.2. The molecule has 0 saturated heterocycles. The Morgan fingerprint density at radius 3 is 1.81 bits per heavy atom. The van der Waals surface area contributed by atoms with E-state index in [1.807, 2.05) is 145 Å². The van der Waals surface area contributed by atoms with E-state index in [0.29, 0.717) is 5.75 Å². The molecule has 1 heterocycles. The lowest BCUT2D eigenvalue weighted by Gasteiger charge is -2.27. The first-order valence-corrected chi connectivity index (χ1v) is 23.9. The van der Waals surface area contributed by atoms with Gasteiger partial charge in [0.1, 0.15) is 17.3 Å². The van der Waals surface area contributed by atoms with Gasteiger partial charge in [-0.1, -0.05) is 167 Å². The number of rotatable bonds is 20. The Morgan fingerprint density at radius 2 is 1.13 bits per heavy atom. The highest BCUT2D eigenvalue weighted by molar-refractivity contribution is 8.76. The predicted molar refractivity (Wildman–Crippen MR) is 257 cm³/mol. The number of carboxylic acids is 1. The van der Waals surface area contributed by atoms with Gasteiger partial charge in [-0.05, 0) is 74.3 Å². The number of carbonyl (C=O) groups is 4. The molecule has 0 aliphatic carbocycles. The molecule has 9 nitrogen and oxygen atoms in total. The average molecular weight is 893 g/mol. The van der Waals surface area contributed by atoms with Gasteiger partial charge in [0.15, 0.2) is 0 Å². The van der Waals surface area contributed by atoms with Crippen molar-refractivity contribution >= 4 is 66.7 Å². The van der Waals surface area contributed by atoms with Gasteiger partial charge in [0.2, 0.25) is 17.7 Å². The maximum atomic E-state index is 14.7. The lowest BCUT2D eigenvalue weighted by atomic mass is 9.98. The summed E-state index contributed by atoms with van der Waals surface area (Å²) in [4.78, 5) is 55.0. The third-order valence-electron chi connectivity index (χ3n) is 10.6. The first-order chi connectivity index (χ1) is 30.7. The Balaban J connectivity index is 1.16. The van der Waals surface area contributed by atoms with Crippen LogP contribution in [0.1, 0.15) is 38.2 Å². The zero-order valence-electron chi connectivity index (χ0n) is 34.4. The molecule has 1 aromatic heterocycles. The summed E-state index contributed by atoms with van der Waals surface area (Å²) in [6.07, 6.45) is 0.669. The minimum Gasteiger partial charge on any atom is -0.478 e. The highest BCUT2D eigenvalue weighted by atomic mass is 33.1. The Bertz CT molecular complexity index is 2590. The number of fused-ring (bicyclic) bond motifs is 1. The van der Waals surface area contributed by atoms with Crippen molar-refractivity contribution in [2.24, 2.45) is 5.73 Å². The Kier molecular flexibility index (Phi) is 15.8. The molecule has 0 fully saturated rings. The summed E-state index contributed by atoms with van der Waals surface area (Å²) in [7, 11) is 2.83. The minimum atomic E-state index is -1.08. The van der Waals surface area contributed by atoms with Crippen LogP contribution in [0.25, 0.3) is 21.2 Å². The van der Waals surface area contributed by atoms with Crippen LogP contribution in [0.5, 0.6) is 0 Å². The number of hydrogen-bond acceptors (Lipinski definition) is 8. The third kappa shape index (κ3) is 12.7. The summed E-state index contributed by atoms with van der Waals surface area (Å²) in [5, 5.41) is 20.8. The van der Waals surface area contributed by atoms with Gasteiger partial charge in [-0.25, -0.2) is 4.79 Å². The topological polar surface area (TPSA) is 151 Å². The molecule has 7 aromatic rings. The van der Waals surface area contributed by atoms with E-state index in [-0.39, 0.29) is 37.3 Å². The zero-order chi connectivity index (χ0) is 44.0. The van der Waals surface area contributed by atoms with E-state index in [1.165, 1.54) is 33.7 Å². The highest BCUT2D eigenvalue weighted by Crippen LogP contribution is 2.33. The third-order valence-corrected chi connectivity index (χ3v) is 14.4. The van der Waals surface area contributed by atoms with Gasteiger partial charge in [-0.15, -0.1) is 11.3 Å². The molecule has 6 aromatic carbocycles. The summed E-state index contributed by atoms with van der Waals surface area (Å²) < 4.78 is 1.08. The van der Waals surface area contributed by atoms with Crippen molar-refractivity contribution in [2.45, 2.75) is 54.9 Å². The van der Waals surface area contributed by atoms with Crippen molar-refractivity contribution < 1.29 is 24.3 Å². The van der Waals surface area contributed by atoms with Crippen LogP contribution in [-0.4, -0.2) is 52.2 Å². The molecule has 63 heavy (non-hydrogen) atoms. The van der Waals surface area contributed by atoms with Crippen molar-refractivity contribution in [3.05, 3.63) is 203 Å². The Labute approximate surface area is 379 Å².